The number of allylic oxidation sites excluding steroid dienone is 1. The average molecular weight is 221 g/mol. The van der Waals surface area contributed by atoms with Crippen LogP contribution >= 0.6 is 0 Å². The molecule has 82 valence electrons. The highest BCUT2D eigenvalue weighted by Crippen LogP contribution is 2.20. The lowest BCUT2D eigenvalue weighted by atomic mass is 10.2. The Labute approximate surface area is 100 Å². The molecule has 0 aliphatic heterocycles. The van der Waals surface area contributed by atoms with E-state index in [-0.39, 0.29) is 0 Å². The molecule has 17 heavy (non-hydrogen) atoms. The van der Waals surface area contributed by atoms with Crippen LogP contribution in [0.2, 0.25) is 0 Å². The third-order valence-corrected chi connectivity index (χ3v) is 2.22. The zero-order valence-corrected chi connectivity index (χ0v) is 9.21. The van der Waals surface area contributed by atoms with E-state index >= 15 is 0 Å². The number of hydrogen-bond acceptors (Lipinski definition) is 2. The Hall–Kier alpha value is -2.53. The summed E-state index contributed by atoms with van der Waals surface area (Å²) in [6.45, 7) is 0. The molecule has 0 bridgehead atoms. The first-order valence-electron chi connectivity index (χ1n) is 5.28. The maximum Gasteiger partial charge on any atom is 0.145 e. The van der Waals surface area contributed by atoms with E-state index in [2.05, 4.69) is 0 Å². The van der Waals surface area contributed by atoms with Gasteiger partial charge in [-0.25, -0.2) is 0 Å². The summed E-state index contributed by atoms with van der Waals surface area (Å²) in [7, 11) is 0. The minimum absolute atomic E-state index is 0.555. The van der Waals surface area contributed by atoms with Gasteiger partial charge in [-0.05, 0) is 12.1 Å². The molecule has 0 heterocycles. The van der Waals surface area contributed by atoms with Crippen LogP contribution in [0.5, 0.6) is 5.75 Å². The normalized spacial score (nSPS) is 10.6. The second kappa shape index (κ2) is 5.53. The predicted octanol–water partition coefficient (Wildman–Crippen LogP) is 3.63. The van der Waals surface area contributed by atoms with Crippen molar-refractivity contribution in [3.8, 4) is 11.8 Å². The van der Waals surface area contributed by atoms with Crippen LogP contribution in [-0.4, -0.2) is 0 Å². The van der Waals surface area contributed by atoms with Gasteiger partial charge in [0.05, 0.1) is 12.1 Å². The van der Waals surface area contributed by atoms with E-state index in [4.69, 9.17) is 10.00 Å². The molecule has 0 radical (unpaired) electrons. The van der Waals surface area contributed by atoms with E-state index in [1.165, 1.54) is 6.08 Å². The zero-order valence-electron chi connectivity index (χ0n) is 9.21. The Morgan fingerprint density at radius 2 is 1.53 bits per heavy atom. The van der Waals surface area contributed by atoms with Crippen molar-refractivity contribution in [3.63, 3.8) is 0 Å². The smallest absolute Gasteiger partial charge is 0.145 e. The molecule has 0 amide bonds. The van der Waals surface area contributed by atoms with Gasteiger partial charge in [0.15, 0.2) is 0 Å². The van der Waals surface area contributed by atoms with E-state index in [1.807, 2.05) is 66.7 Å². The monoisotopic (exact) mass is 221 g/mol. The Morgan fingerprint density at radius 3 is 2.12 bits per heavy atom. The van der Waals surface area contributed by atoms with Gasteiger partial charge in [-0.2, -0.15) is 5.26 Å². The van der Waals surface area contributed by atoms with Crippen LogP contribution < -0.4 is 4.74 Å². The minimum Gasteiger partial charge on any atom is -0.456 e. The van der Waals surface area contributed by atoms with Gasteiger partial charge in [-0.3, -0.25) is 0 Å². The van der Waals surface area contributed by atoms with Crippen molar-refractivity contribution >= 4 is 5.76 Å². The summed E-state index contributed by atoms with van der Waals surface area (Å²) in [5.74, 6) is 1.28. The molecule has 2 nitrogen and oxygen atoms in total. The van der Waals surface area contributed by atoms with E-state index in [9.17, 15) is 0 Å². The highest BCUT2D eigenvalue weighted by Gasteiger charge is 2.03. The van der Waals surface area contributed by atoms with Crippen molar-refractivity contribution in [3.05, 3.63) is 72.3 Å². The van der Waals surface area contributed by atoms with Crippen LogP contribution in [0.15, 0.2) is 66.7 Å². The van der Waals surface area contributed by atoms with E-state index in [1.54, 1.807) is 0 Å². The summed E-state index contributed by atoms with van der Waals surface area (Å²) < 4.78 is 5.68. The third kappa shape index (κ3) is 2.96. The first kappa shape index (κ1) is 11.0. The van der Waals surface area contributed by atoms with Gasteiger partial charge in [0.2, 0.25) is 0 Å². The molecule has 0 aliphatic rings. The molecule has 0 N–H and O–H groups in total. The van der Waals surface area contributed by atoms with Crippen LogP contribution in [0.25, 0.3) is 5.76 Å². The molecule has 2 aromatic rings. The zero-order chi connectivity index (χ0) is 11.9. The van der Waals surface area contributed by atoms with Gasteiger partial charge in [-0.1, -0.05) is 48.5 Å². The van der Waals surface area contributed by atoms with Crippen molar-refractivity contribution < 1.29 is 4.74 Å². The van der Waals surface area contributed by atoms with Gasteiger partial charge in [0.1, 0.15) is 11.5 Å². The fourth-order valence-electron chi connectivity index (χ4n) is 1.45. The quantitative estimate of drug-likeness (QED) is 0.585. The van der Waals surface area contributed by atoms with Gasteiger partial charge >= 0.3 is 0 Å². The summed E-state index contributed by atoms with van der Waals surface area (Å²) in [6, 6.07) is 21.0. The van der Waals surface area contributed by atoms with E-state index in [0.717, 1.165) is 11.3 Å². The van der Waals surface area contributed by atoms with E-state index in [0.29, 0.717) is 5.76 Å². The summed E-state index contributed by atoms with van der Waals surface area (Å²) >= 11 is 0. The van der Waals surface area contributed by atoms with Crippen molar-refractivity contribution in [2.24, 2.45) is 0 Å². The van der Waals surface area contributed by atoms with E-state index < -0.39 is 0 Å². The Balaban J connectivity index is 2.27. The predicted molar refractivity (Wildman–Crippen MR) is 67.1 cm³/mol. The topological polar surface area (TPSA) is 33.0 Å². The number of nitrogens with zero attached hydrogens (tertiary/aromatic N) is 1. The molecule has 2 heteroatoms. The van der Waals surface area contributed by atoms with Crippen molar-refractivity contribution in [2.75, 3.05) is 0 Å². The van der Waals surface area contributed by atoms with Gasteiger partial charge in [0.25, 0.3) is 0 Å². The summed E-state index contributed by atoms with van der Waals surface area (Å²) in [5, 5.41) is 8.77. The largest absolute Gasteiger partial charge is 0.456 e. The molecular formula is C15H11NO. The third-order valence-electron chi connectivity index (χ3n) is 2.22. The SMILES string of the molecule is N#C/C=C(\Oc1ccccc1)c1ccccc1. The summed E-state index contributed by atoms with van der Waals surface area (Å²) in [4.78, 5) is 0. The number of nitriles is 1. The van der Waals surface area contributed by atoms with Gasteiger partial charge < -0.3 is 4.74 Å². The molecule has 0 unspecified atom stereocenters. The minimum atomic E-state index is 0.555. The maximum absolute atomic E-state index is 8.77. The van der Waals surface area contributed by atoms with Crippen LogP contribution in [-0.2, 0) is 0 Å². The van der Waals surface area contributed by atoms with Crippen molar-refractivity contribution in [1.29, 1.82) is 5.26 Å². The average Bonchev–Trinajstić information content (AvgIpc) is 2.40. The molecular weight excluding hydrogens is 210 g/mol. The number of rotatable bonds is 3. The molecule has 0 aliphatic carbocycles. The lowest BCUT2D eigenvalue weighted by Crippen LogP contribution is -1.94. The number of para-hydroxylation sites is 1. The molecule has 0 fully saturated rings. The van der Waals surface area contributed by atoms with Gasteiger partial charge in [-0.15, -0.1) is 0 Å². The highest BCUT2D eigenvalue weighted by atomic mass is 16.5. The summed E-state index contributed by atoms with van der Waals surface area (Å²) in [6.07, 6.45) is 1.41. The Bertz CT molecular complexity index is 538. The van der Waals surface area contributed by atoms with Crippen molar-refractivity contribution in [1.82, 2.24) is 0 Å². The standard InChI is InChI=1S/C15H11NO/c16-12-11-15(13-7-3-1-4-8-13)17-14-9-5-2-6-10-14/h1-11H/b15-11-. The van der Waals surface area contributed by atoms with Crippen LogP contribution in [0.4, 0.5) is 0 Å². The first-order valence-corrected chi connectivity index (χ1v) is 5.28. The van der Waals surface area contributed by atoms with Crippen molar-refractivity contribution in [2.45, 2.75) is 0 Å². The highest BCUT2D eigenvalue weighted by molar-refractivity contribution is 5.63. The van der Waals surface area contributed by atoms with Crippen LogP contribution in [0.3, 0.4) is 0 Å². The molecule has 0 saturated heterocycles. The lowest BCUT2D eigenvalue weighted by molar-refractivity contribution is 0.515. The van der Waals surface area contributed by atoms with Crippen LogP contribution in [0, 0.1) is 11.3 Å². The Kier molecular flexibility index (Phi) is 3.57. The molecule has 0 saturated carbocycles. The fourth-order valence-corrected chi connectivity index (χ4v) is 1.45. The molecule has 2 aromatic carbocycles. The molecule has 0 aromatic heterocycles. The number of ether oxygens (including phenoxy) is 1. The Morgan fingerprint density at radius 1 is 0.941 bits per heavy atom. The first-order chi connectivity index (χ1) is 8.40. The summed E-state index contributed by atoms with van der Waals surface area (Å²) in [5.41, 5.74) is 0.887. The fraction of sp³-hybridized carbons (Fsp3) is 0. The molecule has 0 spiro atoms. The second-order valence-corrected chi connectivity index (χ2v) is 3.42. The maximum atomic E-state index is 8.77. The number of hydrogen-bond donors (Lipinski definition) is 0. The van der Waals surface area contributed by atoms with Crippen LogP contribution in [0.1, 0.15) is 5.56 Å². The lowest BCUT2D eigenvalue weighted by Gasteiger charge is -2.08. The number of benzene rings is 2. The molecule has 0 atom stereocenters. The second-order valence-electron chi connectivity index (χ2n) is 3.42. The van der Waals surface area contributed by atoms with Gasteiger partial charge in [0, 0.05) is 5.56 Å². The molecule has 2 rings (SSSR count).